The van der Waals surface area contributed by atoms with Crippen LogP contribution in [0.3, 0.4) is 0 Å². The molecule has 0 saturated heterocycles. The minimum absolute atomic E-state index is 0.165. The van der Waals surface area contributed by atoms with Crippen LogP contribution in [0.5, 0.6) is 0 Å². The molecule has 30 heavy (non-hydrogen) atoms. The second-order valence-electron chi connectivity index (χ2n) is 8.00. The lowest BCUT2D eigenvalue weighted by Crippen LogP contribution is -2.26. The van der Waals surface area contributed by atoms with E-state index in [-0.39, 0.29) is 17.5 Å². The van der Waals surface area contributed by atoms with Gasteiger partial charge in [0.15, 0.2) is 0 Å². The van der Waals surface area contributed by atoms with E-state index in [9.17, 15) is 18.0 Å². The highest BCUT2D eigenvalue weighted by atomic mass is 32.2. The molecule has 2 aromatic carbocycles. The Morgan fingerprint density at radius 2 is 1.93 bits per heavy atom. The normalized spacial score (nSPS) is 20.7. The number of alkyl halides is 3. The third-order valence-corrected chi connectivity index (χ3v) is 6.89. The van der Waals surface area contributed by atoms with Gasteiger partial charge >= 0.3 is 6.18 Å². The molecule has 2 atom stereocenters. The molecule has 0 aromatic heterocycles. The summed E-state index contributed by atoms with van der Waals surface area (Å²) in [5.41, 5.74) is 6.48. The third kappa shape index (κ3) is 4.59. The molecular formula is C22H24F3N3OS. The Hall–Kier alpha value is -2.19. The van der Waals surface area contributed by atoms with Gasteiger partial charge in [0.1, 0.15) is 0 Å². The van der Waals surface area contributed by atoms with Gasteiger partial charge in [0, 0.05) is 16.2 Å². The number of hydrogen-bond acceptors (Lipinski definition) is 4. The van der Waals surface area contributed by atoms with Crippen molar-refractivity contribution in [3.63, 3.8) is 0 Å². The highest BCUT2D eigenvalue weighted by molar-refractivity contribution is 7.99. The predicted molar refractivity (Wildman–Crippen MR) is 113 cm³/mol. The summed E-state index contributed by atoms with van der Waals surface area (Å²) in [5.74, 6) is 0.384. The largest absolute Gasteiger partial charge is 0.416 e. The number of halogens is 3. The number of anilines is 3. The van der Waals surface area contributed by atoms with E-state index in [0.717, 1.165) is 48.4 Å². The highest BCUT2D eigenvalue weighted by Gasteiger charge is 2.34. The van der Waals surface area contributed by atoms with Gasteiger partial charge in [0.2, 0.25) is 5.91 Å². The number of carbonyl (C=O) groups is 1. The summed E-state index contributed by atoms with van der Waals surface area (Å²) >= 11 is 1.27. The molecule has 4 nitrogen and oxygen atoms in total. The quantitative estimate of drug-likeness (QED) is 0.470. The molecule has 0 radical (unpaired) electrons. The minimum atomic E-state index is -4.50. The van der Waals surface area contributed by atoms with Gasteiger partial charge in [0.25, 0.3) is 0 Å². The molecule has 4 N–H and O–H groups in total. The van der Waals surface area contributed by atoms with E-state index in [1.807, 2.05) is 24.3 Å². The van der Waals surface area contributed by atoms with Crippen LogP contribution in [-0.2, 0) is 11.0 Å². The van der Waals surface area contributed by atoms with Crippen LogP contribution in [0, 0.1) is 11.8 Å². The Labute approximate surface area is 177 Å². The molecule has 1 aliphatic heterocycles. The number of amides is 1. The van der Waals surface area contributed by atoms with E-state index in [1.165, 1.54) is 11.8 Å². The number of rotatable bonds is 4. The molecule has 2 aliphatic rings. The van der Waals surface area contributed by atoms with Crippen LogP contribution in [0.1, 0.15) is 37.7 Å². The van der Waals surface area contributed by atoms with Crippen molar-refractivity contribution in [2.24, 2.45) is 17.6 Å². The van der Waals surface area contributed by atoms with Crippen LogP contribution in [0.2, 0.25) is 0 Å². The third-order valence-electron chi connectivity index (χ3n) is 5.77. The molecule has 1 saturated carbocycles. The Balaban J connectivity index is 1.58. The molecule has 8 heteroatoms. The molecule has 1 heterocycles. The van der Waals surface area contributed by atoms with Gasteiger partial charge in [-0.05, 0) is 61.9 Å². The maximum absolute atomic E-state index is 13.5. The van der Waals surface area contributed by atoms with Crippen molar-refractivity contribution >= 4 is 34.7 Å². The molecule has 1 aliphatic carbocycles. The van der Waals surface area contributed by atoms with Crippen LogP contribution < -0.4 is 16.4 Å². The summed E-state index contributed by atoms with van der Waals surface area (Å²) in [4.78, 5) is 14.0. The second kappa shape index (κ2) is 8.51. The average Bonchev–Trinajstić information content (AvgIpc) is 2.71. The molecule has 2 aromatic rings. The summed E-state index contributed by atoms with van der Waals surface area (Å²) < 4.78 is 40.4. The standard InChI is InChI=1S/C22H24F3N3OS/c23-22(24,25)15-10-17(27-20(29)9-13-4-3-5-14(8-13)12-26)21-19(11-15)30-18-7-2-1-6-16(18)28-21/h1-2,6-7,10-11,13-14,28H,3-5,8-9,12,26H2,(H,27,29). The van der Waals surface area contributed by atoms with E-state index in [0.29, 0.717) is 29.5 Å². The lowest BCUT2D eigenvalue weighted by molar-refractivity contribution is -0.137. The van der Waals surface area contributed by atoms with Gasteiger partial charge in [0.05, 0.1) is 22.6 Å². The predicted octanol–water partition coefficient (Wildman–Crippen LogP) is 6.01. The van der Waals surface area contributed by atoms with Gasteiger partial charge in [-0.1, -0.05) is 30.3 Å². The summed E-state index contributed by atoms with van der Waals surface area (Å²) in [5, 5.41) is 5.94. The van der Waals surface area contributed by atoms with Crippen LogP contribution in [-0.4, -0.2) is 12.5 Å². The molecule has 2 unspecified atom stereocenters. The number of nitrogens with two attached hydrogens (primary N) is 1. The second-order valence-corrected chi connectivity index (χ2v) is 9.09. The van der Waals surface area contributed by atoms with Crippen LogP contribution in [0.4, 0.5) is 30.2 Å². The van der Waals surface area contributed by atoms with Gasteiger partial charge in [-0.25, -0.2) is 0 Å². The summed E-state index contributed by atoms with van der Waals surface area (Å²) in [6.45, 7) is 0.611. The van der Waals surface area contributed by atoms with Crippen LogP contribution in [0.25, 0.3) is 0 Å². The SMILES string of the molecule is NCC1CCCC(CC(=O)Nc2cc(C(F)(F)F)cc3c2Nc2ccccc2S3)C1. The van der Waals surface area contributed by atoms with Crippen molar-refractivity contribution < 1.29 is 18.0 Å². The molecule has 0 spiro atoms. The molecule has 1 fully saturated rings. The first-order valence-electron chi connectivity index (χ1n) is 10.1. The lowest BCUT2D eigenvalue weighted by atomic mass is 9.80. The Morgan fingerprint density at radius 3 is 2.70 bits per heavy atom. The molecule has 0 bridgehead atoms. The zero-order valence-electron chi connectivity index (χ0n) is 16.4. The maximum Gasteiger partial charge on any atom is 0.416 e. The van der Waals surface area contributed by atoms with Gasteiger partial charge in [-0.2, -0.15) is 13.2 Å². The van der Waals surface area contributed by atoms with Crippen LogP contribution in [0.15, 0.2) is 46.2 Å². The van der Waals surface area contributed by atoms with Crippen molar-refractivity contribution in [3.05, 3.63) is 42.0 Å². The average molecular weight is 436 g/mol. The van der Waals surface area contributed by atoms with Gasteiger partial charge < -0.3 is 16.4 Å². The molecule has 160 valence electrons. The Morgan fingerprint density at radius 1 is 1.17 bits per heavy atom. The van der Waals surface area contributed by atoms with Crippen molar-refractivity contribution in [1.29, 1.82) is 0 Å². The van der Waals surface area contributed by atoms with E-state index < -0.39 is 11.7 Å². The van der Waals surface area contributed by atoms with E-state index >= 15 is 0 Å². The number of fused-ring (bicyclic) bond motifs is 2. The van der Waals surface area contributed by atoms with E-state index in [1.54, 1.807) is 0 Å². The lowest BCUT2D eigenvalue weighted by Gasteiger charge is -2.28. The minimum Gasteiger partial charge on any atom is -0.352 e. The van der Waals surface area contributed by atoms with Crippen molar-refractivity contribution in [1.82, 2.24) is 0 Å². The first-order valence-corrected chi connectivity index (χ1v) is 10.9. The fourth-order valence-corrected chi connectivity index (χ4v) is 5.33. The first-order chi connectivity index (χ1) is 14.3. The summed E-state index contributed by atoms with van der Waals surface area (Å²) in [6.07, 6.45) is -0.239. The van der Waals surface area contributed by atoms with Gasteiger partial charge in [-0.15, -0.1) is 0 Å². The molecule has 4 rings (SSSR count). The smallest absolute Gasteiger partial charge is 0.352 e. The Bertz CT molecular complexity index is 948. The summed E-state index contributed by atoms with van der Waals surface area (Å²) in [7, 11) is 0. The zero-order chi connectivity index (χ0) is 21.3. The topological polar surface area (TPSA) is 67.2 Å². The number of benzene rings is 2. The number of nitrogens with one attached hydrogen (secondary N) is 2. The van der Waals surface area contributed by atoms with Crippen LogP contribution >= 0.6 is 11.8 Å². The summed E-state index contributed by atoms with van der Waals surface area (Å²) in [6, 6.07) is 9.56. The molecular weight excluding hydrogens is 411 g/mol. The highest BCUT2D eigenvalue weighted by Crippen LogP contribution is 2.49. The van der Waals surface area contributed by atoms with Crippen molar-refractivity contribution in [2.75, 3.05) is 17.2 Å². The fraction of sp³-hybridized carbons (Fsp3) is 0.409. The van der Waals surface area contributed by atoms with E-state index in [2.05, 4.69) is 10.6 Å². The van der Waals surface area contributed by atoms with Crippen molar-refractivity contribution in [2.45, 2.75) is 48.1 Å². The molecule has 1 amide bonds. The monoisotopic (exact) mass is 435 g/mol. The Kier molecular flexibility index (Phi) is 5.97. The number of para-hydroxylation sites is 1. The maximum atomic E-state index is 13.5. The fourth-order valence-electron chi connectivity index (χ4n) is 4.26. The number of hydrogen-bond donors (Lipinski definition) is 3. The number of carbonyl (C=O) groups excluding carboxylic acids is 1. The first kappa shape index (κ1) is 21.1. The van der Waals surface area contributed by atoms with Gasteiger partial charge in [-0.3, -0.25) is 4.79 Å². The van der Waals surface area contributed by atoms with E-state index in [4.69, 9.17) is 5.73 Å². The van der Waals surface area contributed by atoms with Crippen molar-refractivity contribution in [3.8, 4) is 0 Å². The zero-order valence-corrected chi connectivity index (χ0v) is 17.2.